The van der Waals surface area contributed by atoms with Crippen LogP contribution in [0.15, 0.2) is 40.0 Å². The summed E-state index contributed by atoms with van der Waals surface area (Å²) in [6.07, 6.45) is 4.99. The van der Waals surface area contributed by atoms with Gasteiger partial charge in [-0.05, 0) is 53.8 Å². The standard InChI is InChI=1S/C22H24F2N4OS/c23-16-9-17(24)11-19(10-16)28-21(29)26-20(25-18-3-1-2-4-18)22(28)6-7-27(14-22)12-15-5-8-30-13-15/h5,8-11,13,18H,1-4,6-7,12,14H2,(H,25,26,29). The van der Waals surface area contributed by atoms with Crippen LogP contribution >= 0.6 is 11.3 Å². The molecule has 5 rings (SSSR count). The van der Waals surface area contributed by atoms with Gasteiger partial charge in [-0.1, -0.05) is 12.8 Å². The Morgan fingerprint density at radius 1 is 1.20 bits per heavy atom. The van der Waals surface area contributed by atoms with Gasteiger partial charge in [0, 0.05) is 25.7 Å². The monoisotopic (exact) mass is 430 g/mol. The van der Waals surface area contributed by atoms with E-state index < -0.39 is 17.2 Å². The largest absolute Gasteiger partial charge is 0.328 e. The number of likely N-dealkylation sites (tertiary alicyclic amines) is 1. The lowest BCUT2D eigenvalue weighted by Gasteiger charge is -2.34. The zero-order valence-electron chi connectivity index (χ0n) is 16.6. The lowest BCUT2D eigenvalue weighted by Crippen LogP contribution is -2.52. The van der Waals surface area contributed by atoms with Gasteiger partial charge in [0.15, 0.2) is 0 Å². The van der Waals surface area contributed by atoms with Gasteiger partial charge in [0.2, 0.25) is 0 Å². The second-order valence-electron chi connectivity index (χ2n) is 8.43. The van der Waals surface area contributed by atoms with Crippen LogP contribution in [0.2, 0.25) is 0 Å². The molecule has 158 valence electrons. The van der Waals surface area contributed by atoms with E-state index in [1.807, 2.05) is 0 Å². The van der Waals surface area contributed by atoms with Crippen molar-refractivity contribution in [2.24, 2.45) is 4.99 Å². The second-order valence-corrected chi connectivity index (χ2v) is 9.21. The molecule has 3 aliphatic rings. The molecular formula is C22H24F2N4OS. The van der Waals surface area contributed by atoms with E-state index in [2.05, 4.69) is 27.0 Å². The van der Waals surface area contributed by atoms with E-state index in [0.717, 1.165) is 44.8 Å². The van der Waals surface area contributed by atoms with E-state index in [0.29, 0.717) is 18.8 Å². The highest BCUT2D eigenvalue weighted by Crippen LogP contribution is 2.39. The lowest BCUT2D eigenvalue weighted by atomic mass is 9.95. The molecule has 1 aliphatic carbocycles. The summed E-state index contributed by atoms with van der Waals surface area (Å²) in [6, 6.07) is 5.21. The summed E-state index contributed by atoms with van der Waals surface area (Å²) in [6.45, 7) is 2.13. The van der Waals surface area contributed by atoms with Crippen molar-refractivity contribution in [3.8, 4) is 0 Å². The molecule has 1 N–H and O–H groups in total. The lowest BCUT2D eigenvalue weighted by molar-refractivity contribution is 0.250. The maximum absolute atomic E-state index is 14.0. The van der Waals surface area contributed by atoms with E-state index >= 15 is 0 Å². The number of nitrogens with zero attached hydrogens (tertiary/aromatic N) is 3. The Bertz CT molecular complexity index is 953. The van der Waals surface area contributed by atoms with E-state index in [9.17, 15) is 13.6 Å². The summed E-state index contributed by atoms with van der Waals surface area (Å²) in [4.78, 5) is 21.8. The summed E-state index contributed by atoms with van der Waals surface area (Å²) < 4.78 is 28.0. The highest BCUT2D eigenvalue weighted by molar-refractivity contribution is 7.07. The van der Waals surface area contributed by atoms with Gasteiger partial charge in [-0.2, -0.15) is 11.3 Å². The average Bonchev–Trinajstić information content (AvgIpc) is 3.46. The first kappa shape index (κ1) is 19.6. The Balaban J connectivity index is 1.52. The fourth-order valence-corrected chi connectivity index (χ4v) is 5.66. The van der Waals surface area contributed by atoms with Crippen LogP contribution in [0.3, 0.4) is 0 Å². The van der Waals surface area contributed by atoms with Gasteiger partial charge < -0.3 is 0 Å². The Hall–Kier alpha value is -2.32. The van der Waals surface area contributed by atoms with Crippen molar-refractivity contribution in [2.75, 3.05) is 18.0 Å². The van der Waals surface area contributed by atoms with Gasteiger partial charge >= 0.3 is 6.03 Å². The Labute approximate surface area is 178 Å². The number of nitrogens with one attached hydrogen (secondary N) is 1. The Kier molecular flexibility index (Phi) is 5.06. The number of hydrogen-bond donors (Lipinski definition) is 1. The van der Waals surface area contributed by atoms with Gasteiger partial charge in [0.1, 0.15) is 23.0 Å². The number of amides is 2. The molecule has 1 aromatic carbocycles. The highest BCUT2D eigenvalue weighted by atomic mass is 32.1. The van der Waals surface area contributed by atoms with Crippen LogP contribution in [0.4, 0.5) is 19.3 Å². The summed E-state index contributed by atoms with van der Waals surface area (Å²) in [5, 5.41) is 7.12. The predicted molar refractivity (Wildman–Crippen MR) is 114 cm³/mol. The summed E-state index contributed by atoms with van der Waals surface area (Å²) in [5.74, 6) is -0.735. The van der Waals surface area contributed by atoms with E-state index in [1.54, 1.807) is 11.3 Å². The van der Waals surface area contributed by atoms with Crippen molar-refractivity contribution in [3.63, 3.8) is 0 Å². The molecular weight excluding hydrogens is 406 g/mol. The number of amidine groups is 1. The number of carbonyl (C=O) groups is 1. The predicted octanol–water partition coefficient (Wildman–Crippen LogP) is 4.54. The van der Waals surface area contributed by atoms with Gasteiger partial charge in [0.25, 0.3) is 0 Å². The minimum Gasteiger partial charge on any atom is -0.296 e. The van der Waals surface area contributed by atoms with Gasteiger partial charge in [-0.15, -0.1) is 0 Å². The van der Waals surface area contributed by atoms with Crippen molar-refractivity contribution in [1.82, 2.24) is 10.2 Å². The second kappa shape index (κ2) is 7.74. The number of aliphatic imine (C=N–C) groups is 1. The quantitative estimate of drug-likeness (QED) is 0.774. The van der Waals surface area contributed by atoms with Gasteiger partial charge in [0.05, 0.1) is 11.7 Å². The Morgan fingerprint density at radius 2 is 1.97 bits per heavy atom. The van der Waals surface area contributed by atoms with Crippen LogP contribution in [-0.4, -0.2) is 41.4 Å². The molecule has 3 fully saturated rings. The maximum Gasteiger partial charge on any atom is 0.328 e. The third kappa shape index (κ3) is 3.52. The normalized spacial score (nSPS) is 26.4. The first-order valence-corrected chi connectivity index (χ1v) is 11.4. The third-order valence-corrected chi connectivity index (χ3v) is 7.08. The van der Waals surface area contributed by atoms with Crippen LogP contribution in [0, 0.1) is 11.6 Å². The van der Waals surface area contributed by atoms with Crippen molar-refractivity contribution in [2.45, 2.75) is 50.2 Å². The Morgan fingerprint density at radius 3 is 2.67 bits per heavy atom. The smallest absolute Gasteiger partial charge is 0.296 e. The minimum absolute atomic E-state index is 0.201. The van der Waals surface area contributed by atoms with E-state index in [-0.39, 0.29) is 17.8 Å². The number of urea groups is 1. The zero-order chi connectivity index (χ0) is 20.7. The number of carbonyl (C=O) groups excluding carboxylic acids is 1. The molecule has 1 spiro atoms. The van der Waals surface area contributed by atoms with E-state index in [4.69, 9.17) is 4.99 Å². The molecule has 2 amide bonds. The number of benzene rings is 1. The van der Waals surface area contributed by atoms with Crippen LogP contribution in [0.5, 0.6) is 0 Å². The van der Waals surface area contributed by atoms with Crippen molar-refractivity contribution >= 4 is 28.9 Å². The molecule has 0 radical (unpaired) electrons. The van der Waals surface area contributed by atoms with Crippen molar-refractivity contribution in [3.05, 3.63) is 52.2 Å². The number of anilines is 1. The molecule has 3 heterocycles. The molecule has 30 heavy (non-hydrogen) atoms. The minimum atomic E-state index is -0.726. The maximum atomic E-state index is 14.0. The number of halogens is 2. The molecule has 1 saturated carbocycles. The van der Waals surface area contributed by atoms with E-state index in [1.165, 1.54) is 22.6 Å². The fraction of sp³-hybridized carbons (Fsp3) is 0.455. The van der Waals surface area contributed by atoms with Crippen LogP contribution < -0.4 is 10.2 Å². The SMILES string of the molecule is O=C1NC(=NC2CCCC2)C2(CCN(Cc3ccsc3)C2)N1c1cc(F)cc(F)c1. The summed E-state index contributed by atoms with van der Waals surface area (Å²) in [5.41, 5.74) is 0.738. The summed E-state index contributed by atoms with van der Waals surface area (Å²) >= 11 is 1.66. The van der Waals surface area contributed by atoms with Gasteiger partial charge in [-0.3, -0.25) is 20.1 Å². The highest BCUT2D eigenvalue weighted by Gasteiger charge is 2.55. The molecule has 8 heteroatoms. The first-order chi connectivity index (χ1) is 14.5. The average molecular weight is 431 g/mol. The zero-order valence-corrected chi connectivity index (χ0v) is 17.4. The first-order valence-electron chi connectivity index (χ1n) is 10.4. The number of thiophene rings is 1. The van der Waals surface area contributed by atoms with Crippen LogP contribution in [0.1, 0.15) is 37.7 Å². The molecule has 2 saturated heterocycles. The molecule has 5 nitrogen and oxygen atoms in total. The molecule has 1 aromatic heterocycles. The molecule has 1 unspecified atom stereocenters. The van der Waals surface area contributed by atoms with Crippen LogP contribution in [0.25, 0.3) is 0 Å². The molecule has 1 atom stereocenters. The molecule has 2 aromatic rings. The third-order valence-electron chi connectivity index (χ3n) is 6.35. The fourth-order valence-electron chi connectivity index (χ4n) is 5.00. The van der Waals surface area contributed by atoms with Crippen LogP contribution in [-0.2, 0) is 6.54 Å². The molecule has 2 aliphatic heterocycles. The summed E-state index contributed by atoms with van der Waals surface area (Å²) in [7, 11) is 0. The topological polar surface area (TPSA) is 47.9 Å². The molecule has 0 bridgehead atoms. The van der Waals surface area contributed by atoms with Gasteiger partial charge in [-0.25, -0.2) is 13.6 Å². The number of hydrogen-bond acceptors (Lipinski definition) is 4. The van der Waals surface area contributed by atoms with Crippen molar-refractivity contribution in [1.29, 1.82) is 0 Å². The van der Waals surface area contributed by atoms with Crippen molar-refractivity contribution < 1.29 is 13.6 Å². The number of rotatable bonds is 4.